The topological polar surface area (TPSA) is 68.8 Å². The molecular weight excluding hydrogens is 362 g/mol. The molecule has 0 aliphatic carbocycles. The number of nitrogens with zero attached hydrogens (tertiary/aromatic N) is 3. The van der Waals surface area contributed by atoms with Gasteiger partial charge in [0.05, 0.1) is 23.8 Å². The molecule has 5 nitrogen and oxygen atoms in total. The van der Waals surface area contributed by atoms with Crippen LogP contribution in [0.3, 0.4) is 0 Å². The van der Waals surface area contributed by atoms with Gasteiger partial charge in [0.15, 0.2) is 11.6 Å². The first-order valence-corrected chi connectivity index (χ1v) is 7.91. The van der Waals surface area contributed by atoms with E-state index in [0.29, 0.717) is 5.69 Å². The maximum absolute atomic E-state index is 14.6. The minimum absolute atomic E-state index is 0.0224. The molecule has 3 aromatic rings. The van der Waals surface area contributed by atoms with Crippen LogP contribution >= 0.6 is 0 Å². The van der Waals surface area contributed by atoms with Gasteiger partial charge in [-0.1, -0.05) is 12.1 Å². The predicted octanol–water partition coefficient (Wildman–Crippen LogP) is 3.96. The number of aryl methyl sites for hydroxylation is 1. The number of halogens is 4. The van der Waals surface area contributed by atoms with Gasteiger partial charge in [-0.25, -0.2) is 17.6 Å². The number of rotatable bonds is 5. The lowest BCUT2D eigenvalue weighted by atomic mass is 10.1. The second-order valence-electron chi connectivity index (χ2n) is 5.85. The largest absolute Gasteiger partial charge is 0.320 e. The maximum atomic E-state index is 14.6. The molecule has 2 aromatic carbocycles. The van der Waals surface area contributed by atoms with E-state index in [1.54, 1.807) is 31.2 Å². The molecule has 0 saturated heterocycles. The molecule has 3 rings (SSSR count). The highest BCUT2D eigenvalue weighted by Crippen LogP contribution is 2.32. The standard InChI is InChI=1S/C18H15F4N5/c1-10-3-2-4-11(7-10)26(8-14(20)21)17-15-13(6-5-12(19)16(15)22)27(9-23)18(24)25-17/h2-7,9,14,23-24H,8H2,1H3. The number of fused-ring (bicyclic) bond motifs is 1. The van der Waals surface area contributed by atoms with Crippen LogP contribution in [0, 0.1) is 29.4 Å². The zero-order valence-corrected chi connectivity index (χ0v) is 14.2. The summed E-state index contributed by atoms with van der Waals surface area (Å²) in [6.45, 7) is 0.940. The molecule has 0 aliphatic rings. The summed E-state index contributed by atoms with van der Waals surface area (Å²) in [5.74, 6) is -2.77. The molecule has 0 radical (unpaired) electrons. The molecule has 0 spiro atoms. The Labute approximate surface area is 151 Å². The molecule has 0 fully saturated rings. The number of hydrogen-bond acceptors (Lipinski definition) is 4. The van der Waals surface area contributed by atoms with Crippen molar-refractivity contribution in [3.05, 3.63) is 59.2 Å². The van der Waals surface area contributed by atoms with Crippen molar-refractivity contribution >= 4 is 28.7 Å². The third-order valence-electron chi connectivity index (χ3n) is 4.01. The number of hydrogen-bond donors (Lipinski definition) is 2. The van der Waals surface area contributed by atoms with Gasteiger partial charge in [-0.2, -0.15) is 4.98 Å². The minimum atomic E-state index is -2.79. The first-order chi connectivity index (χ1) is 12.8. The molecule has 1 aromatic heterocycles. The lowest BCUT2D eigenvalue weighted by molar-refractivity contribution is 0.157. The molecule has 2 N–H and O–H groups in total. The molecule has 0 saturated carbocycles. The number of benzene rings is 2. The highest BCUT2D eigenvalue weighted by molar-refractivity contribution is 5.94. The maximum Gasteiger partial charge on any atom is 0.256 e. The Morgan fingerprint density at radius 3 is 2.59 bits per heavy atom. The van der Waals surface area contributed by atoms with E-state index in [2.05, 4.69) is 4.98 Å². The fourth-order valence-corrected chi connectivity index (χ4v) is 2.85. The second kappa shape index (κ2) is 7.18. The van der Waals surface area contributed by atoms with E-state index in [0.717, 1.165) is 27.4 Å². The van der Waals surface area contributed by atoms with Gasteiger partial charge in [0.25, 0.3) is 6.43 Å². The van der Waals surface area contributed by atoms with E-state index < -0.39 is 30.2 Å². The summed E-state index contributed by atoms with van der Waals surface area (Å²) in [6, 6.07) is 8.59. The van der Waals surface area contributed by atoms with Crippen molar-refractivity contribution in [3.8, 4) is 0 Å². The fraction of sp³-hybridized carbons (Fsp3) is 0.167. The molecule has 27 heavy (non-hydrogen) atoms. The van der Waals surface area contributed by atoms with Crippen molar-refractivity contribution in [3.63, 3.8) is 0 Å². The summed E-state index contributed by atoms with van der Waals surface area (Å²) >= 11 is 0. The minimum Gasteiger partial charge on any atom is -0.320 e. The van der Waals surface area contributed by atoms with E-state index in [1.165, 1.54) is 6.07 Å². The molecule has 0 bridgehead atoms. The van der Waals surface area contributed by atoms with Crippen LogP contribution in [0.1, 0.15) is 5.56 Å². The normalized spacial score (nSPS) is 11.2. The van der Waals surface area contributed by atoms with Crippen molar-refractivity contribution in [1.29, 1.82) is 10.8 Å². The number of aromatic nitrogens is 2. The summed E-state index contributed by atoms with van der Waals surface area (Å²) in [7, 11) is 0. The van der Waals surface area contributed by atoms with Crippen LogP contribution in [0.2, 0.25) is 0 Å². The van der Waals surface area contributed by atoms with Crippen LogP contribution in [-0.2, 0) is 0 Å². The van der Waals surface area contributed by atoms with Crippen LogP contribution in [0.25, 0.3) is 10.9 Å². The lowest BCUT2D eigenvalue weighted by Crippen LogP contribution is -2.31. The summed E-state index contributed by atoms with van der Waals surface area (Å²) < 4.78 is 55.9. The van der Waals surface area contributed by atoms with Crippen LogP contribution in [-0.4, -0.2) is 28.9 Å². The smallest absolute Gasteiger partial charge is 0.256 e. The van der Waals surface area contributed by atoms with E-state index in [4.69, 9.17) is 10.8 Å². The first kappa shape index (κ1) is 18.6. The average molecular weight is 377 g/mol. The van der Waals surface area contributed by atoms with Gasteiger partial charge in [-0.05, 0) is 36.8 Å². The molecular formula is C18H15F4N5. The predicted molar refractivity (Wildman–Crippen MR) is 93.9 cm³/mol. The third kappa shape index (κ3) is 3.40. The fourth-order valence-electron chi connectivity index (χ4n) is 2.85. The van der Waals surface area contributed by atoms with E-state index in [-0.39, 0.29) is 16.7 Å². The molecule has 0 amide bonds. The Kier molecular flexibility index (Phi) is 4.93. The van der Waals surface area contributed by atoms with Gasteiger partial charge >= 0.3 is 0 Å². The van der Waals surface area contributed by atoms with Crippen LogP contribution in [0.15, 0.2) is 36.4 Å². The van der Waals surface area contributed by atoms with E-state index in [1.807, 2.05) is 0 Å². The second-order valence-corrected chi connectivity index (χ2v) is 5.85. The SMILES string of the molecule is Cc1cccc(N(CC(F)F)c2nc(=N)n(C=N)c3ccc(F)c(F)c23)c1. The zero-order valence-electron chi connectivity index (χ0n) is 14.2. The van der Waals surface area contributed by atoms with Crippen molar-refractivity contribution in [1.82, 2.24) is 9.55 Å². The number of alkyl halides is 2. The monoisotopic (exact) mass is 377 g/mol. The van der Waals surface area contributed by atoms with Gasteiger partial charge in [0.1, 0.15) is 5.82 Å². The molecule has 140 valence electrons. The Morgan fingerprint density at radius 2 is 1.96 bits per heavy atom. The lowest BCUT2D eigenvalue weighted by Gasteiger charge is -2.26. The summed E-state index contributed by atoms with van der Waals surface area (Å²) in [5.41, 5.74) is 0.593. The van der Waals surface area contributed by atoms with E-state index >= 15 is 0 Å². The quantitative estimate of drug-likeness (QED) is 0.401. The highest BCUT2D eigenvalue weighted by atomic mass is 19.3. The molecule has 0 aliphatic heterocycles. The Morgan fingerprint density at radius 1 is 1.22 bits per heavy atom. The van der Waals surface area contributed by atoms with Gasteiger partial charge < -0.3 is 4.90 Å². The van der Waals surface area contributed by atoms with Gasteiger partial charge in [0.2, 0.25) is 5.62 Å². The summed E-state index contributed by atoms with van der Waals surface area (Å²) in [6.07, 6.45) is -2.06. The average Bonchev–Trinajstić information content (AvgIpc) is 2.62. The van der Waals surface area contributed by atoms with Crippen molar-refractivity contribution in [2.24, 2.45) is 0 Å². The van der Waals surface area contributed by atoms with Crippen LogP contribution in [0.4, 0.5) is 29.1 Å². The van der Waals surface area contributed by atoms with Gasteiger partial charge in [0, 0.05) is 5.69 Å². The number of anilines is 2. The molecule has 9 heteroatoms. The molecule has 0 atom stereocenters. The van der Waals surface area contributed by atoms with E-state index in [9.17, 15) is 17.6 Å². The Bertz CT molecular complexity index is 1080. The summed E-state index contributed by atoms with van der Waals surface area (Å²) in [5, 5.41) is 15.0. The first-order valence-electron chi connectivity index (χ1n) is 7.91. The Hall–Kier alpha value is -3.23. The zero-order chi connectivity index (χ0) is 19.7. The van der Waals surface area contributed by atoms with Crippen molar-refractivity contribution in [2.75, 3.05) is 11.4 Å². The van der Waals surface area contributed by atoms with Crippen molar-refractivity contribution in [2.45, 2.75) is 13.3 Å². The van der Waals surface area contributed by atoms with Gasteiger partial charge in [-0.15, -0.1) is 0 Å². The third-order valence-corrected chi connectivity index (χ3v) is 4.01. The van der Waals surface area contributed by atoms with Gasteiger partial charge in [-0.3, -0.25) is 15.4 Å². The van der Waals surface area contributed by atoms with Crippen molar-refractivity contribution < 1.29 is 17.6 Å². The molecule has 1 heterocycles. The molecule has 0 unspecified atom stereocenters. The number of nitrogens with one attached hydrogen (secondary N) is 2. The van der Waals surface area contributed by atoms with Crippen LogP contribution < -0.4 is 10.5 Å². The highest BCUT2D eigenvalue weighted by Gasteiger charge is 2.23. The van der Waals surface area contributed by atoms with Crippen LogP contribution in [0.5, 0.6) is 0 Å². The Balaban J connectivity index is 2.40. The summed E-state index contributed by atoms with van der Waals surface area (Å²) in [4.78, 5) is 4.95.